The molecule has 0 aromatic rings. The minimum Gasteiger partial charge on any atom is -0.756 e. The quantitative estimate of drug-likeness (QED) is 0.0195. The molecule has 0 aliphatic heterocycles. The number of unbranched alkanes of at least 4 members (excludes halogenated alkanes) is 20. The van der Waals surface area contributed by atoms with Crippen LogP contribution in [-0.4, -0.2) is 70.0 Å². The van der Waals surface area contributed by atoms with Crippen molar-refractivity contribution >= 4 is 19.8 Å². The normalized spacial score (nSPS) is 14.1. The van der Waals surface area contributed by atoms with Crippen molar-refractivity contribution in [2.24, 2.45) is 0 Å². The number of phosphoric ester groups is 1. The zero-order valence-corrected chi connectivity index (χ0v) is 48.2. The van der Waals surface area contributed by atoms with Crippen LogP contribution < -0.4 is 4.89 Å². The second-order valence-electron chi connectivity index (χ2n) is 20.3. The van der Waals surface area contributed by atoms with E-state index in [1.54, 1.807) is 0 Å². The molecule has 73 heavy (non-hydrogen) atoms. The Balaban J connectivity index is 3.98. The van der Waals surface area contributed by atoms with Crippen LogP contribution >= 0.6 is 7.82 Å². The standard InChI is InChI=1S/C63H108NO8P/c1-6-8-10-12-14-16-18-19-20-21-22-23-24-25-26-27-28-29-30-31-32-33-34-35-36-37-38-39-40-41-42-43-44-45-46-48-50-52-54-56-63(66)72-61(60-71-73(67,68)70-58-57-64(3,4)5)59-69-62(65)55-53-51-49-47-17-15-13-11-9-7-2/h8,10-11,13-14,16,19-20,22-23,25-26,28-29,31-32,34-35,61H,6-7,9,12,15,17-18,21,24,27,30,33,36-60H2,1-5H3/b10-8-,13-11-,16-14-,20-19-,23-22-,26-25-,29-28-,32-31-,35-34-. The fraction of sp³-hybridized carbons (Fsp3) is 0.683. The lowest BCUT2D eigenvalue weighted by Crippen LogP contribution is -2.37. The van der Waals surface area contributed by atoms with E-state index in [2.05, 4.69) is 123 Å². The van der Waals surface area contributed by atoms with E-state index in [0.29, 0.717) is 23.9 Å². The number of rotatable bonds is 52. The van der Waals surface area contributed by atoms with Crippen molar-refractivity contribution in [3.05, 3.63) is 109 Å². The molecule has 0 spiro atoms. The van der Waals surface area contributed by atoms with E-state index < -0.39 is 32.5 Å². The summed E-state index contributed by atoms with van der Waals surface area (Å²) < 4.78 is 34.0. The maximum Gasteiger partial charge on any atom is 0.306 e. The van der Waals surface area contributed by atoms with Gasteiger partial charge in [0, 0.05) is 12.8 Å². The van der Waals surface area contributed by atoms with Crippen LogP contribution in [0.5, 0.6) is 0 Å². The largest absolute Gasteiger partial charge is 0.756 e. The van der Waals surface area contributed by atoms with Gasteiger partial charge in [0.25, 0.3) is 7.82 Å². The molecule has 0 aromatic heterocycles. The Bertz CT molecular complexity index is 1600. The molecule has 0 aliphatic rings. The number of phosphoric acid groups is 1. The number of hydrogen-bond donors (Lipinski definition) is 0. The molecule has 0 aromatic carbocycles. The SMILES string of the molecule is CC/C=C\C/C=C\C/C=C\C/C=C\C/C=C\C/C=C\C/C=C\C/C=C\CCCCCCCCCCCCCCCCC(=O)OC(COC(=O)CCCCCCC/C=C\CCC)COP(=O)([O-])OCC[N+](C)(C)C. The summed E-state index contributed by atoms with van der Waals surface area (Å²) in [7, 11) is 1.15. The Kier molecular flexibility index (Phi) is 51.1. The topological polar surface area (TPSA) is 111 Å². The van der Waals surface area contributed by atoms with Crippen molar-refractivity contribution in [1.82, 2.24) is 0 Å². The summed E-state index contributed by atoms with van der Waals surface area (Å²) in [6.45, 7) is 4.03. The molecule has 0 radical (unpaired) electrons. The van der Waals surface area contributed by atoms with E-state index in [1.807, 2.05) is 21.1 Å². The highest BCUT2D eigenvalue weighted by molar-refractivity contribution is 7.45. The fourth-order valence-electron chi connectivity index (χ4n) is 7.56. The van der Waals surface area contributed by atoms with Gasteiger partial charge < -0.3 is 27.9 Å². The third kappa shape index (κ3) is 57.8. The molecule has 0 N–H and O–H groups in total. The van der Waals surface area contributed by atoms with Gasteiger partial charge in [-0.15, -0.1) is 0 Å². The molecule has 418 valence electrons. The highest BCUT2D eigenvalue weighted by atomic mass is 31.2. The van der Waals surface area contributed by atoms with Crippen LogP contribution in [0.2, 0.25) is 0 Å². The number of likely N-dealkylation sites (N-methyl/N-ethyl adjacent to an activating group) is 1. The third-order valence-corrected chi connectivity index (χ3v) is 13.0. The average molecular weight is 1040 g/mol. The van der Waals surface area contributed by atoms with E-state index in [-0.39, 0.29) is 26.1 Å². The first kappa shape index (κ1) is 69.7. The van der Waals surface area contributed by atoms with Gasteiger partial charge in [-0.1, -0.05) is 226 Å². The van der Waals surface area contributed by atoms with Gasteiger partial charge in [0.15, 0.2) is 6.10 Å². The first-order chi connectivity index (χ1) is 35.5. The lowest BCUT2D eigenvalue weighted by atomic mass is 10.0. The van der Waals surface area contributed by atoms with Gasteiger partial charge in [-0.05, 0) is 96.3 Å². The summed E-state index contributed by atoms with van der Waals surface area (Å²) in [5.74, 6) is -0.850. The highest BCUT2D eigenvalue weighted by Gasteiger charge is 2.21. The molecule has 2 unspecified atom stereocenters. The van der Waals surface area contributed by atoms with Gasteiger partial charge in [0.2, 0.25) is 0 Å². The first-order valence-electron chi connectivity index (χ1n) is 29.1. The molecule has 0 amide bonds. The monoisotopic (exact) mass is 1040 g/mol. The van der Waals surface area contributed by atoms with Crippen molar-refractivity contribution in [3.8, 4) is 0 Å². The molecule has 10 heteroatoms. The number of ether oxygens (including phenoxy) is 2. The lowest BCUT2D eigenvalue weighted by molar-refractivity contribution is -0.870. The van der Waals surface area contributed by atoms with E-state index in [9.17, 15) is 19.0 Å². The number of carbonyl (C=O) groups excluding carboxylic acids is 2. The van der Waals surface area contributed by atoms with Gasteiger partial charge in [-0.25, -0.2) is 0 Å². The molecule has 0 fully saturated rings. The minimum atomic E-state index is -4.63. The number of allylic oxidation sites excluding steroid dienone is 18. The number of hydrogen-bond acceptors (Lipinski definition) is 8. The van der Waals surface area contributed by atoms with Gasteiger partial charge in [-0.3, -0.25) is 14.2 Å². The Morgan fingerprint density at radius 2 is 0.781 bits per heavy atom. The molecular weight excluding hydrogens is 930 g/mol. The Hall–Kier alpha value is -3.33. The summed E-state index contributed by atoms with van der Waals surface area (Å²) in [6, 6.07) is 0. The summed E-state index contributed by atoms with van der Waals surface area (Å²) in [5.41, 5.74) is 0. The summed E-state index contributed by atoms with van der Waals surface area (Å²) >= 11 is 0. The van der Waals surface area contributed by atoms with Crippen LogP contribution in [0.15, 0.2) is 109 Å². The van der Waals surface area contributed by atoms with Gasteiger partial charge in [0.05, 0.1) is 27.7 Å². The predicted octanol–water partition coefficient (Wildman–Crippen LogP) is 17.6. The van der Waals surface area contributed by atoms with E-state index >= 15 is 0 Å². The third-order valence-electron chi connectivity index (χ3n) is 12.0. The van der Waals surface area contributed by atoms with Crippen LogP contribution in [0.1, 0.15) is 226 Å². The van der Waals surface area contributed by atoms with Crippen LogP contribution in [0.3, 0.4) is 0 Å². The van der Waals surface area contributed by atoms with Crippen LogP contribution in [0.4, 0.5) is 0 Å². The number of carbonyl (C=O) groups is 2. The number of esters is 2. The van der Waals surface area contributed by atoms with Gasteiger partial charge in [-0.2, -0.15) is 0 Å². The second kappa shape index (κ2) is 53.5. The molecule has 0 saturated carbocycles. The fourth-order valence-corrected chi connectivity index (χ4v) is 8.28. The van der Waals surface area contributed by atoms with Crippen LogP contribution in [0, 0.1) is 0 Å². The Labute approximate surface area is 448 Å². The Morgan fingerprint density at radius 1 is 0.438 bits per heavy atom. The number of nitrogens with zero attached hydrogens (tertiary/aromatic N) is 1. The van der Waals surface area contributed by atoms with Crippen molar-refractivity contribution in [2.75, 3.05) is 47.5 Å². The molecule has 9 nitrogen and oxygen atoms in total. The first-order valence-corrected chi connectivity index (χ1v) is 30.6. The lowest BCUT2D eigenvalue weighted by Gasteiger charge is -2.28. The van der Waals surface area contributed by atoms with Gasteiger partial charge >= 0.3 is 11.9 Å². The predicted molar refractivity (Wildman–Crippen MR) is 309 cm³/mol. The molecule has 0 heterocycles. The maximum atomic E-state index is 12.8. The summed E-state index contributed by atoms with van der Waals surface area (Å²) in [5, 5.41) is 0. The molecule has 0 bridgehead atoms. The van der Waals surface area contributed by atoms with E-state index in [1.165, 1.54) is 77.0 Å². The van der Waals surface area contributed by atoms with Crippen LogP contribution in [0.25, 0.3) is 0 Å². The molecule has 0 aliphatic carbocycles. The zero-order chi connectivity index (χ0) is 53.5. The van der Waals surface area contributed by atoms with Crippen LogP contribution in [-0.2, 0) is 32.7 Å². The summed E-state index contributed by atoms with van der Waals surface area (Å²) in [4.78, 5) is 37.7. The molecule has 0 saturated heterocycles. The van der Waals surface area contributed by atoms with Crippen molar-refractivity contribution in [1.29, 1.82) is 0 Å². The highest BCUT2D eigenvalue weighted by Crippen LogP contribution is 2.38. The smallest absolute Gasteiger partial charge is 0.306 e. The number of quaternary nitrogens is 1. The maximum absolute atomic E-state index is 12.8. The van der Waals surface area contributed by atoms with Crippen molar-refractivity contribution in [3.63, 3.8) is 0 Å². The molecule has 2 atom stereocenters. The summed E-state index contributed by atoms with van der Waals surface area (Å²) in [6.07, 6.45) is 74.5. The van der Waals surface area contributed by atoms with Crippen molar-refractivity contribution < 1.29 is 42.1 Å². The average Bonchev–Trinajstić information content (AvgIpc) is 3.35. The van der Waals surface area contributed by atoms with E-state index in [0.717, 1.165) is 109 Å². The van der Waals surface area contributed by atoms with E-state index in [4.69, 9.17) is 18.5 Å². The van der Waals surface area contributed by atoms with Gasteiger partial charge in [0.1, 0.15) is 19.8 Å². The van der Waals surface area contributed by atoms with Crippen molar-refractivity contribution in [2.45, 2.75) is 232 Å². The molecular formula is C63H108NO8P. The minimum absolute atomic E-state index is 0.0356. The second-order valence-corrected chi connectivity index (χ2v) is 21.7. The molecule has 0 rings (SSSR count). The zero-order valence-electron chi connectivity index (χ0n) is 47.3. The Morgan fingerprint density at radius 3 is 1.18 bits per heavy atom.